The summed E-state index contributed by atoms with van der Waals surface area (Å²) < 4.78 is 8.21. The van der Waals surface area contributed by atoms with Gasteiger partial charge in [0.1, 0.15) is 0 Å². The van der Waals surface area contributed by atoms with Crippen LogP contribution in [0.1, 0.15) is 0 Å². The first-order chi connectivity index (χ1) is 16.0. The van der Waals surface area contributed by atoms with E-state index in [1.54, 1.807) is 16.8 Å². The number of hydrogen-bond acceptors (Lipinski definition) is 6. The molecule has 1 aromatic heterocycles. The Morgan fingerprint density at radius 2 is 2.00 bits per heavy atom. The number of nitrogens with one attached hydrogen (secondary N) is 1. The number of morpholine rings is 1. The maximum absolute atomic E-state index is 12.8. The SMILES string of the molecule is C=CCn1nc(SCC(=O)Nc2cc(Cl)ccc2N2CCOCC2)nc1-c1ccc(Br)cc1. The Bertz CT molecular complexity index is 1130. The Labute approximate surface area is 210 Å². The summed E-state index contributed by atoms with van der Waals surface area (Å²) in [6.07, 6.45) is 1.77. The molecule has 172 valence electrons. The Kier molecular flexibility index (Phi) is 8.08. The molecule has 7 nitrogen and oxygen atoms in total. The van der Waals surface area contributed by atoms with E-state index >= 15 is 0 Å². The summed E-state index contributed by atoms with van der Waals surface area (Å²) in [6, 6.07) is 13.4. The third-order valence-corrected chi connectivity index (χ3v) is 6.57. The zero-order valence-electron chi connectivity index (χ0n) is 17.8. The molecule has 2 aromatic carbocycles. The van der Waals surface area contributed by atoms with E-state index in [1.807, 2.05) is 36.4 Å². The molecule has 4 rings (SSSR count). The average molecular weight is 549 g/mol. The van der Waals surface area contributed by atoms with E-state index in [2.05, 4.69) is 42.8 Å². The van der Waals surface area contributed by atoms with Crippen molar-refractivity contribution in [2.45, 2.75) is 11.7 Å². The minimum Gasteiger partial charge on any atom is -0.378 e. The summed E-state index contributed by atoms with van der Waals surface area (Å²) in [5, 5.41) is 8.64. The fourth-order valence-corrected chi connectivity index (χ4v) is 4.53. The monoisotopic (exact) mass is 547 g/mol. The highest BCUT2D eigenvalue weighted by atomic mass is 79.9. The van der Waals surface area contributed by atoms with Crippen LogP contribution in [0, 0.1) is 0 Å². The van der Waals surface area contributed by atoms with E-state index in [0.29, 0.717) is 35.6 Å². The van der Waals surface area contributed by atoms with Gasteiger partial charge in [-0.2, -0.15) is 0 Å². The Morgan fingerprint density at radius 1 is 1.24 bits per heavy atom. The van der Waals surface area contributed by atoms with E-state index in [9.17, 15) is 4.79 Å². The van der Waals surface area contributed by atoms with E-state index in [4.69, 9.17) is 16.3 Å². The molecule has 1 N–H and O–H groups in total. The molecule has 0 aliphatic carbocycles. The largest absolute Gasteiger partial charge is 0.378 e. The lowest BCUT2D eigenvalue weighted by Crippen LogP contribution is -2.36. The number of hydrogen-bond donors (Lipinski definition) is 1. The topological polar surface area (TPSA) is 72.3 Å². The second kappa shape index (κ2) is 11.2. The predicted octanol–water partition coefficient (Wildman–Crippen LogP) is 5.11. The Hall–Kier alpha value is -2.33. The molecule has 0 saturated carbocycles. The lowest BCUT2D eigenvalue weighted by atomic mass is 10.2. The van der Waals surface area contributed by atoms with Crippen molar-refractivity contribution in [1.29, 1.82) is 0 Å². The number of aromatic nitrogens is 3. The number of amides is 1. The maximum Gasteiger partial charge on any atom is 0.234 e. The van der Waals surface area contributed by atoms with Crippen molar-refractivity contribution in [2.75, 3.05) is 42.3 Å². The lowest BCUT2D eigenvalue weighted by molar-refractivity contribution is -0.113. The minimum absolute atomic E-state index is 0.151. The summed E-state index contributed by atoms with van der Waals surface area (Å²) in [4.78, 5) is 19.6. The van der Waals surface area contributed by atoms with Gasteiger partial charge in [-0.25, -0.2) is 9.67 Å². The van der Waals surface area contributed by atoms with Gasteiger partial charge in [0.05, 0.1) is 36.9 Å². The molecule has 2 heterocycles. The highest BCUT2D eigenvalue weighted by Crippen LogP contribution is 2.30. The molecule has 3 aromatic rings. The summed E-state index contributed by atoms with van der Waals surface area (Å²) in [5.41, 5.74) is 2.57. The number of ether oxygens (including phenoxy) is 1. The highest BCUT2D eigenvalue weighted by Gasteiger charge is 2.18. The van der Waals surface area contributed by atoms with Gasteiger partial charge in [0.15, 0.2) is 5.82 Å². The summed E-state index contributed by atoms with van der Waals surface area (Å²) >= 11 is 10.9. The standard InChI is InChI=1S/C23H23BrClN5O2S/c1-2-9-30-22(16-3-5-17(24)6-4-16)27-23(28-30)33-15-21(31)26-19-14-18(25)7-8-20(19)29-10-12-32-13-11-29/h2-8,14H,1,9-13,15H2,(H,26,31). The van der Waals surface area contributed by atoms with Crippen molar-refractivity contribution in [1.82, 2.24) is 14.8 Å². The van der Waals surface area contributed by atoms with Crippen LogP contribution in [0.2, 0.25) is 5.02 Å². The molecule has 1 saturated heterocycles. The van der Waals surface area contributed by atoms with Crippen LogP contribution in [-0.2, 0) is 16.1 Å². The fraction of sp³-hybridized carbons (Fsp3) is 0.261. The Morgan fingerprint density at radius 3 is 2.73 bits per heavy atom. The van der Waals surface area contributed by atoms with E-state index in [0.717, 1.165) is 34.6 Å². The van der Waals surface area contributed by atoms with E-state index in [-0.39, 0.29) is 11.7 Å². The molecule has 0 atom stereocenters. The number of halogens is 2. The minimum atomic E-state index is -0.151. The smallest absolute Gasteiger partial charge is 0.234 e. The van der Waals surface area contributed by atoms with Crippen LogP contribution in [0.3, 0.4) is 0 Å². The molecular weight excluding hydrogens is 526 g/mol. The van der Waals surface area contributed by atoms with Gasteiger partial charge in [0.25, 0.3) is 0 Å². The first-order valence-corrected chi connectivity index (χ1v) is 12.6. The highest BCUT2D eigenvalue weighted by molar-refractivity contribution is 9.10. The summed E-state index contributed by atoms with van der Waals surface area (Å²) in [5.74, 6) is 0.754. The third-order valence-electron chi connectivity index (χ3n) is 4.97. The van der Waals surface area contributed by atoms with E-state index in [1.165, 1.54) is 11.8 Å². The molecule has 0 radical (unpaired) electrons. The number of carbonyl (C=O) groups excluding carboxylic acids is 1. The van der Waals surface area contributed by atoms with E-state index < -0.39 is 0 Å². The van der Waals surface area contributed by atoms with Crippen molar-refractivity contribution < 1.29 is 9.53 Å². The Balaban J connectivity index is 1.45. The van der Waals surface area contributed by atoms with Crippen LogP contribution in [0.25, 0.3) is 11.4 Å². The first-order valence-electron chi connectivity index (χ1n) is 10.4. The third kappa shape index (κ3) is 6.17. The molecule has 33 heavy (non-hydrogen) atoms. The first kappa shape index (κ1) is 23.8. The van der Waals surface area contributed by atoms with Crippen LogP contribution in [0.4, 0.5) is 11.4 Å². The number of benzene rings is 2. The van der Waals surface area contributed by atoms with Gasteiger partial charge in [-0.15, -0.1) is 11.7 Å². The number of nitrogens with zero attached hydrogens (tertiary/aromatic N) is 4. The van der Waals surface area contributed by atoms with Crippen LogP contribution in [-0.4, -0.2) is 52.7 Å². The van der Waals surface area contributed by atoms with Gasteiger partial charge in [-0.3, -0.25) is 4.79 Å². The van der Waals surface area contributed by atoms with Crippen molar-refractivity contribution >= 4 is 56.6 Å². The summed E-state index contributed by atoms with van der Waals surface area (Å²) in [7, 11) is 0. The second-order valence-corrected chi connectivity index (χ2v) is 9.59. The molecule has 0 spiro atoms. The van der Waals surface area contributed by atoms with Crippen LogP contribution in [0.15, 0.2) is 64.7 Å². The number of allylic oxidation sites excluding steroid dienone is 1. The average Bonchev–Trinajstić information content (AvgIpc) is 3.22. The van der Waals surface area contributed by atoms with Crippen molar-refractivity contribution in [3.63, 3.8) is 0 Å². The summed E-state index contributed by atoms with van der Waals surface area (Å²) in [6.45, 7) is 7.17. The zero-order chi connectivity index (χ0) is 23.2. The molecule has 1 amide bonds. The normalized spacial score (nSPS) is 13.7. The van der Waals surface area contributed by atoms with Crippen LogP contribution in [0.5, 0.6) is 0 Å². The second-order valence-electron chi connectivity index (χ2n) is 7.29. The maximum atomic E-state index is 12.8. The number of rotatable bonds is 8. The van der Waals surface area contributed by atoms with Crippen molar-refractivity contribution in [2.24, 2.45) is 0 Å². The van der Waals surface area contributed by atoms with Gasteiger partial charge in [-0.1, -0.05) is 57.5 Å². The number of anilines is 2. The van der Waals surface area contributed by atoms with Crippen molar-refractivity contribution in [3.05, 3.63) is 64.6 Å². The lowest BCUT2D eigenvalue weighted by Gasteiger charge is -2.30. The van der Waals surface area contributed by atoms with Gasteiger partial charge in [0.2, 0.25) is 11.1 Å². The number of carbonyl (C=O) groups is 1. The van der Waals surface area contributed by atoms with Crippen LogP contribution >= 0.6 is 39.3 Å². The number of thioether (sulfide) groups is 1. The van der Waals surface area contributed by atoms with Crippen LogP contribution < -0.4 is 10.2 Å². The molecule has 1 fully saturated rings. The molecule has 1 aliphatic rings. The van der Waals surface area contributed by atoms with Gasteiger partial charge in [0, 0.05) is 28.1 Å². The molecule has 0 unspecified atom stereocenters. The fourth-order valence-electron chi connectivity index (χ4n) is 3.45. The zero-order valence-corrected chi connectivity index (χ0v) is 21.0. The predicted molar refractivity (Wildman–Crippen MR) is 137 cm³/mol. The molecule has 1 aliphatic heterocycles. The van der Waals surface area contributed by atoms with Gasteiger partial charge < -0.3 is 15.0 Å². The van der Waals surface area contributed by atoms with Crippen molar-refractivity contribution in [3.8, 4) is 11.4 Å². The molecule has 10 heteroatoms. The molecule has 0 bridgehead atoms. The van der Waals surface area contributed by atoms with Gasteiger partial charge >= 0.3 is 0 Å². The quantitative estimate of drug-likeness (QED) is 0.311. The van der Waals surface area contributed by atoms with Gasteiger partial charge in [-0.05, 0) is 30.3 Å². The molecular formula is C23H23BrClN5O2S.